The average molecular weight is 465 g/mol. The third-order valence-electron chi connectivity index (χ3n) is 5.07. The number of halogens is 1. The molecule has 0 aliphatic carbocycles. The lowest BCUT2D eigenvalue weighted by Gasteiger charge is -2.32. The summed E-state index contributed by atoms with van der Waals surface area (Å²) < 4.78 is 5.72. The van der Waals surface area contributed by atoms with Gasteiger partial charge in [-0.1, -0.05) is 72.3 Å². The summed E-state index contributed by atoms with van der Waals surface area (Å²) in [5.41, 5.74) is 1.85. The number of rotatable bonds is 10. The van der Waals surface area contributed by atoms with E-state index in [1.165, 1.54) is 0 Å². The zero-order valence-corrected chi connectivity index (χ0v) is 19.7. The number of ether oxygens (including phenoxy) is 1. The number of hydrogen-bond acceptors (Lipinski definition) is 3. The van der Waals surface area contributed by atoms with E-state index >= 15 is 0 Å². The lowest BCUT2D eigenvalue weighted by Crippen LogP contribution is -2.52. The summed E-state index contributed by atoms with van der Waals surface area (Å²) in [5.74, 6) is 0.132. The van der Waals surface area contributed by atoms with E-state index in [9.17, 15) is 9.59 Å². The number of carbonyl (C=O) groups is 2. The molecule has 2 amide bonds. The Morgan fingerprint density at radius 1 is 0.879 bits per heavy atom. The quantitative estimate of drug-likeness (QED) is 0.465. The number of benzene rings is 3. The average Bonchev–Trinajstić information content (AvgIpc) is 2.82. The molecule has 0 radical (unpaired) electrons. The standard InChI is InChI=1S/C27H29ClN2O3/c1-20(2)29-27(32)25(17-21-9-5-3-6-10-21)30(18-22-13-15-23(28)16-14-22)26(31)19-33-24-11-7-4-8-12-24/h3-16,20,25H,17-19H2,1-2H3,(H,29,32)/t25-/m0/s1. The molecule has 3 rings (SSSR count). The Morgan fingerprint density at radius 2 is 1.48 bits per heavy atom. The molecule has 3 aromatic rings. The van der Waals surface area contributed by atoms with Crippen molar-refractivity contribution in [2.45, 2.75) is 38.9 Å². The van der Waals surface area contributed by atoms with Crippen LogP contribution in [0.15, 0.2) is 84.9 Å². The molecule has 0 spiro atoms. The number of amides is 2. The van der Waals surface area contributed by atoms with Gasteiger partial charge in [-0.15, -0.1) is 0 Å². The molecule has 0 aromatic heterocycles. The molecule has 1 atom stereocenters. The van der Waals surface area contributed by atoms with Crippen LogP contribution in [0.5, 0.6) is 5.75 Å². The molecule has 0 heterocycles. The maximum absolute atomic E-state index is 13.4. The Labute approximate surface area is 200 Å². The van der Waals surface area contributed by atoms with Crippen LogP contribution in [0.1, 0.15) is 25.0 Å². The third kappa shape index (κ3) is 7.65. The maximum Gasteiger partial charge on any atom is 0.261 e. The molecule has 0 bridgehead atoms. The molecular weight excluding hydrogens is 436 g/mol. The molecule has 3 aromatic carbocycles. The van der Waals surface area contributed by atoms with Crippen LogP contribution in [0, 0.1) is 0 Å². The zero-order chi connectivity index (χ0) is 23.6. The molecule has 172 valence electrons. The highest BCUT2D eigenvalue weighted by atomic mass is 35.5. The highest BCUT2D eigenvalue weighted by Crippen LogP contribution is 2.18. The first-order valence-corrected chi connectivity index (χ1v) is 11.4. The van der Waals surface area contributed by atoms with Crippen molar-refractivity contribution in [1.29, 1.82) is 0 Å². The predicted octanol–water partition coefficient (Wildman–Crippen LogP) is 4.88. The molecule has 0 saturated carbocycles. The van der Waals surface area contributed by atoms with E-state index in [-0.39, 0.29) is 31.0 Å². The summed E-state index contributed by atoms with van der Waals surface area (Å²) in [4.78, 5) is 28.3. The van der Waals surface area contributed by atoms with Crippen LogP contribution in [0.4, 0.5) is 0 Å². The van der Waals surface area contributed by atoms with Gasteiger partial charge < -0.3 is 15.0 Å². The second-order valence-corrected chi connectivity index (χ2v) is 8.56. The fourth-order valence-electron chi connectivity index (χ4n) is 3.47. The van der Waals surface area contributed by atoms with Crippen LogP contribution >= 0.6 is 11.6 Å². The highest BCUT2D eigenvalue weighted by Gasteiger charge is 2.31. The Kier molecular flexibility index (Phi) is 8.90. The number of nitrogens with one attached hydrogen (secondary N) is 1. The van der Waals surface area contributed by atoms with Crippen LogP contribution in [0.25, 0.3) is 0 Å². The highest BCUT2D eigenvalue weighted by molar-refractivity contribution is 6.30. The fraction of sp³-hybridized carbons (Fsp3) is 0.259. The van der Waals surface area contributed by atoms with Crippen LogP contribution in [-0.2, 0) is 22.6 Å². The monoisotopic (exact) mass is 464 g/mol. The third-order valence-corrected chi connectivity index (χ3v) is 5.33. The van der Waals surface area contributed by atoms with Crippen molar-refractivity contribution in [3.8, 4) is 5.75 Å². The molecular formula is C27H29ClN2O3. The van der Waals surface area contributed by atoms with Gasteiger partial charge in [0.1, 0.15) is 11.8 Å². The summed E-state index contributed by atoms with van der Waals surface area (Å²) in [6.07, 6.45) is 0.393. The predicted molar refractivity (Wildman–Crippen MR) is 131 cm³/mol. The van der Waals surface area contributed by atoms with Crippen molar-refractivity contribution in [2.75, 3.05) is 6.61 Å². The van der Waals surface area contributed by atoms with Crippen molar-refractivity contribution in [2.24, 2.45) is 0 Å². The SMILES string of the molecule is CC(C)NC(=O)[C@H](Cc1ccccc1)N(Cc1ccc(Cl)cc1)C(=O)COc1ccccc1. The van der Waals surface area contributed by atoms with Gasteiger partial charge >= 0.3 is 0 Å². The van der Waals surface area contributed by atoms with E-state index in [0.717, 1.165) is 11.1 Å². The van der Waals surface area contributed by atoms with Gasteiger partial charge in [-0.2, -0.15) is 0 Å². The van der Waals surface area contributed by atoms with Crippen LogP contribution < -0.4 is 10.1 Å². The van der Waals surface area contributed by atoms with Crippen molar-refractivity contribution < 1.29 is 14.3 Å². The van der Waals surface area contributed by atoms with Gasteiger partial charge in [0.05, 0.1) is 0 Å². The first-order chi connectivity index (χ1) is 15.9. The molecule has 5 nitrogen and oxygen atoms in total. The first kappa shape index (κ1) is 24.3. The first-order valence-electron chi connectivity index (χ1n) is 11.0. The molecule has 0 saturated heterocycles. The summed E-state index contributed by atoms with van der Waals surface area (Å²) >= 11 is 6.04. The molecule has 33 heavy (non-hydrogen) atoms. The smallest absolute Gasteiger partial charge is 0.261 e. The van der Waals surface area contributed by atoms with Crippen molar-refractivity contribution in [1.82, 2.24) is 10.2 Å². The second-order valence-electron chi connectivity index (χ2n) is 8.12. The molecule has 0 aliphatic rings. The largest absolute Gasteiger partial charge is 0.484 e. The summed E-state index contributed by atoms with van der Waals surface area (Å²) in [6, 6.07) is 25.4. The summed E-state index contributed by atoms with van der Waals surface area (Å²) in [6.45, 7) is 3.90. The number of hydrogen-bond donors (Lipinski definition) is 1. The Bertz CT molecular complexity index is 1020. The van der Waals surface area contributed by atoms with E-state index < -0.39 is 6.04 Å². The minimum atomic E-state index is -0.697. The van der Waals surface area contributed by atoms with Crippen LogP contribution in [0.2, 0.25) is 5.02 Å². The van der Waals surface area contributed by atoms with E-state index in [2.05, 4.69) is 5.32 Å². The number of para-hydroxylation sites is 1. The van der Waals surface area contributed by atoms with Crippen molar-refractivity contribution >= 4 is 23.4 Å². The second kappa shape index (κ2) is 12.1. The normalized spacial score (nSPS) is 11.6. The van der Waals surface area contributed by atoms with Gasteiger partial charge in [0.25, 0.3) is 5.91 Å². The number of carbonyl (C=O) groups excluding carboxylic acids is 2. The van der Waals surface area contributed by atoms with Crippen LogP contribution in [0.3, 0.4) is 0 Å². The molecule has 0 fully saturated rings. The van der Waals surface area contributed by atoms with Crippen LogP contribution in [-0.4, -0.2) is 35.4 Å². The number of nitrogens with zero attached hydrogens (tertiary/aromatic N) is 1. The fourth-order valence-corrected chi connectivity index (χ4v) is 3.59. The van der Waals surface area contributed by atoms with Gasteiger partial charge in [-0.3, -0.25) is 9.59 Å². The minimum absolute atomic E-state index is 0.0520. The maximum atomic E-state index is 13.4. The minimum Gasteiger partial charge on any atom is -0.484 e. The molecule has 6 heteroatoms. The van der Waals surface area contributed by atoms with Gasteiger partial charge in [0.15, 0.2) is 6.61 Å². The Morgan fingerprint density at radius 3 is 2.09 bits per heavy atom. The molecule has 1 N–H and O–H groups in total. The Hall–Kier alpha value is -3.31. The van der Waals surface area contributed by atoms with E-state index in [4.69, 9.17) is 16.3 Å². The summed E-state index contributed by atoms with van der Waals surface area (Å²) in [7, 11) is 0. The Balaban J connectivity index is 1.89. The topological polar surface area (TPSA) is 58.6 Å². The lowest BCUT2D eigenvalue weighted by molar-refractivity contribution is -0.143. The van der Waals surface area contributed by atoms with E-state index in [0.29, 0.717) is 17.2 Å². The van der Waals surface area contributed by atoms with E-state index in [1.54, 1.807) is 29.2 Å². The zero-order valence-electron chi connectivity index (χ0n) is 18.9. The lowest BCUT2D eigenvalue weighted by atomic mass is 10.0. The van der Waals surface area contributed by atoms with Gasteiger partial charge in [0.2, 0.25) is 5.91 Å². The summed E-state index contributed by atoms with van der Waals surface area (Å²) in [5, 5.41) is 3.59. The van der Waals surface area contributed by atoms with Crippen molar-refractivity contribution in [3.63, 3.8) is 0 Å². The van der Waals surface area contributed by atoms with Gasteiger partial charge in [-0.25, -0.2) is 0 Å². The van der Waals surface area contributed by atoms with Crippen molar-refractivity contribution in [3.05, 3.63) is 101 Å². The molecule has 0 aliphatic heterocycles. The van der Waals surface area contributed by atoms with E-state index in [1.807, 2.05) is 74.5 Å². The molecule has 0 unspecified atom stereocenters. The van der Waals surface area contributed by atoms with Gasteiger partial charge in [-0.05, 0) is 49.2 Å². The van der Waals surface area contributed by atoms with Gasteiger partial charge in [0, 0.05) is 24.0 Å².